The maximum absolute atomic E-state index is 5.97. The molecule has 0 aliphatic rings. The van der Waals surface area contributed by atoms with E-state index in [1.807, 2.05) is 36.7 Å². The minimum absolute atomic E-state index is 0.568. The first-order valence-corrected chi connectivity index (χ1v) is 9.70. The largest absolute Gasteiger partial charge is 0.459 e. The van der Waals surface area contributed by atoms with Gasteiger partial charge in [0.25, 0.3) is 0 Å². The highest BCUT2D eigenvalue weighted by molar-refractivity contribution is 5.82. The van der Waals surface area contributed by atoms with E-state index in [0.717, 1.165) is 34.7 Å². The van der Waals surface area contributed by atoms with Crippen LogP contribution in [0.4, 0.5) is 0 Å². The minimum atomic E-state index is 0.568. The fourth-order valence-electron chi connectivity index (χ4n) is 3.37. The molecule has 2 aromatic carbocycles. The number of guanidine groups is 1. The lowest BCUT2D eigenvalue weighted by atomic mass is 10.1. The molecule has 0 saturated heterocycles. The maximum Gasteiger partial charge on any atom is 0.191 e. The molecular formula is C23H25N5O. The Labute approximate surface area is 170 Å². The number of fused-ring (bicyclic) bond motifs is 1. The Kier molecular flexibility index (Phi) is 5.61. The molecule has 0 bridgehead atoms. The summed E-state index contributed by atoms with van der Waals surface area (Å²) in [6, 6.07) is 18.5. The van der Waals surface area contributed by atoms with Gasteiger partial charge in [-0.1, -0.05) is 48.5 Å². The van der Waals surface area contributed by atoms with Gasteiger partial charge in [0.15, 0.2) is 5.96 Å². The van der Waals surface area contributed by atoms with Gasteiger partial charge in [0.05, 0.1) is 13.1 Å². The number of imidazole rings is 1. The van der Waals surface area contributed by atoms with Crippen LogP contribution in [0.3, 0.4) is 0 Å². The number of furan rings is 1. The third-order valence-electron chi connectivity index (χ3n) is 4.99. The van der Waals surface area contributed by atoms with Crippen LogP contribution in [-0.2, 0) is 19.6 Å². The van der Waals surface area contributed by atoms with Crippen molar-refractivity contribution >= 4 is 16.9 Å². The molecule has 29 heavy (non-hydrogen) atoms. The Balaban J connectivity index is 1.37. The predicted octanol–water partition coefficient (Wildman–Crippen LogP) is 3.85. The molecule has 0 saturated carbocycles. The fraction of sp³-hybridized carbons (Fsp3) is 0.217. The first kappa shape index (κ1) is 18.8. The molecule has 0 amide bonds. The van der Waals surface area contributed by atoms with Crippen LogP contribution in [-0.4, -0.2) is 22.6 Å². The van der Waals surface area contributed by atoms with Crippen LogP contribution < -0.4 is 10.6 Å². The van der Waals surface area contributed by atoms with Gasteiger partial charge in [-0.3, -0.25) is 4.99 Å². The van der Waals surface area contributed by atoms with E-state index in [0.29, 0.717) is 19.0 Å². The lowest BCUT2D eigenvalue weighted by Gasteiger charge is -2.13. The molecule has 0 spiro atoms. The number of rotatable bonds is 6. The van der Waals surface area contributed by atoms with E-state index in [1.165, 1.54) is 5.56 Å². The van der Waals surface area contributed by atoms with Gasteiger partial charge >= 0.3 is 0 Å². The Hall–Kier alpha value is -3.54. The SMILES string of the molecule is CN=C(NCc1oc2ccccc2c1C)NCc1nccn1Cc1ccccc1. The highest BCUT2D eigenvalue weighted by atomic mass is 16.3. The molecule has 4 rings (SSSR count). The fourth-order valence-corrected chi connectivity index (χ4v) is 3.37. The van der Waals surface area contributed by atoms with Crippen molar-refractivity contribution in [3.63, 3.8) is 0 Å². The number of hydrogen-bond donors (Lipinski definition) is 2. The second-order valence-corrected chi connectivity index (χ2v) is 6.88. The maximum atomic E-state index is 5.97. The van der Waals surface area contributed by atoms with Crippen molar-refractivity contribution in [3.05, 3.63) is 89.7 Å². The highest BCUT2D eigenvalue weighted by Crippen LogP contribution is 2.24. The van der Waals surface area contributed by atoms with Gasteiger partial charge in [-0.2, -0.15) is 0 Å². The molecule has 6 nitrogen and oxygen atoms in total. The molecule has 0 radical (unpaired) electrons. The summed E-state index contributed by atoms with van der Waals surface area (Å²) in [5.41, 5.74) is 3.31. The van der Waals surface area contributed by atoms with Crippen LogP contribution in [0.2, 0.25) is 0 Å². The number of aromatic nitrogens is 2. The zero-order chi connectivity index (χ0) is 20.1. The quantitative estimate of drug-likeness (QED) is 0.390. The van der Waals surface area contributed by atoms with Crippen molar-refractivity contribution in [3.8, 4) is 0 Å². The summed E-state index contributed by atoms with van der Waals surface area (Å²) in [4.78, 5) is 8.79. The molecule has 6 heteroatoms. The van der Waals surface area contributed by atoms with Gasteiger partial charge in [0.2, 0.25) is 0 Å². The van der Waals surface area contributed by atoms with E-state index < -0.39 is 0 Å². The number of para-hydroxylation sites is 1. The second kappa shape index (κ2) is 8.65. The Morgan fingerprint density at radius 3 is 2.59 bits per heavy atom. The van der Waals surface area contributed by atoms with Gasteiger partial charge in [-0.25, -0.2) is 4.98 Å². The van der Waals surface area contributed by atoms with Crippen LogP contribution in [0.25, 0.3) is 11.0 Å². The smallest absolute Gasteiger partial charge is 0.191 e. The van der Waals surface area contributed by atoms with Crippen LogP contribution in [0.15, 0.2) is 76.4 Å². The number of aryl methyl sites for hydroxylation is 1. The Bertz CT molecular complexity index is 1110. The summed E-state index contributed by atoms with van der Waals surface area (Å²) in [6.45, 7) is 4.03. The lowest BCUT2D eigenvalue weighted by molar-refractivity contribution is 0.534. The van der Waals surface area contributed by atoms with Crippen LogP contribution >= 0.6 is 0 Å². The molecular weight excluding hydrogens is 362 g/mol. The van der Waals surface area contributed by atoms with Gasteiger partial charge in [0.1, 0.15) is 17.2 Å². The molecule has 0 atom stereocenters. The molecule has 0 unspecified atom stereocenters. The number of nitrogens with zero attached hydrogens (tertiary/aromatic N) is 3. The molecule has 2 aromatic heterocycles. The monoisotopic (exact) mass is 387 g/mol. The summed E-state index contributed by atoms with van der Waals surface area (Å²) >= 11 is 0. The van der Waals surface area contributed by atoms with E-state index in [-0.39, 0.29) is 0 Å². The third-order valence-corrected chi connectivity index (χ3v) is 4.99. The minimum Gasteiger partial charge on any atom is -0.459 e. The Morgan fingerprint density at radius 1 is 1.03 bits per heavy atom. The van der Waals surface area contributed by atoms with E-state index >= 15 is 0 Å². The summed E-state index contributed by atoms with van der Waals surface area (Å²) in [7, 11) is 1.76. The first-order chi connectivity index (χ1) is 14.2. The first-order valence-electron chi connectivity index (χ1n) is 9.70. The topological polar surface area (TPSA) is 67.4 Å². The van der Waals surface area contributed by atoms with Crippen LogP contribution in [0.5, 0.6) is 0 Å². The predicted molar refractivity (Wildman–Crippen MR) is 116 cm³/mol. The van der Waals surface area contributed by atoms with E-state index in [4.69, 9.17) is 4.42 Å². The van der Waals surface area contributed by atoms with Crippen molar-refractivity contribution in [1.29, 1.82) is 0 Å². The van der Waals surface area contributed by atoms with Gasteiger partial charge in [0, 0.05) is 36.9 Å². The average molecular weight is 387 g/mol. The molecule has 2 N–H and O–H groups in total. The lowest BCUT2D eigenvalue weighted by Crippen LogP contribution is -2.37. The molecule has 0 aliphatic heterocycles. The van der Waals surface area contributed by atoms with E-state index in [2.05, 4.69) is 62.4 Å². The summed E-state index contributed by atoms with van der Waals surface area (Å²) in [5, 5.41) is 7.81. The van der Waals surface area contributed by atoms with Crippen LogP contribution in [0, 0.1) is 6.92 Å². The third kappa shape index (κ3) is 4.32. The molecule has 0 aliphatic carbocycles. The van der Waals surface area contributed by atoms with Crippen molar-refractivity contribution in [2.45, 2.75) is 26.6 Å². The number of benzene rings is 2. The number of hydrogen-bond acceptors (Lipinski definition) is 3. The molecule has 148 valence electrons. The van der Waals surface area contributed by atoms with Crippen molar-refractivity contribution in [2.24, 2.45) is 4.99 Å². The van der Waals surface area contributed by atoms with Gasteiger partial charge in [-0.05, 0) is 18.6 Å². The summed E-state index contributed by atoms with van der Waals surface area (Å²) in [5.74, 6) is 2.58. The van der Waals surface area contributed by atoms with Crippen molar-refractivity contribution < 1.29 is 4.42 Å². The van der Waals surface area contributed by atoms with Crippen molar-refractivity contribution in [2.75, 3.05) is 7.05 Å². The molecule has 2 heterocycles. The number of nitrogens with one attached hydrogen (secondary N) is 2. The highest BCUT2D eigenvalue weighted by Gasteiger charge is 2.11. The van der Waals surface area contributed by atoms with E-state index in [9.17, 15) is 0 Å². The van der Waals surface area contributed by atoms with Crippen molar-refractivity contribution in [1.82, 2.24) is 20.2 Å². The number of aliphatic imine (C=N–C) groups is 1. The molecule has 4 aromatic rings. The Morgan fingerprint density at radius 2 is 1.79 bits per heavy atom. The molecule has 0 fully saturated rings. The zero-order valence-electron chi connectivity index (χ0n) is 16.7. The zero-order valence-corrected chi connectivity index (χ0v) is 16.7. The second-order valence-electron chi connectivity index (χ2n) is 6.88. The summed E-state index contributed by atoms with van der Waals surface area (Å²) < 4.78 is 8.11. The standard InChI is InChI=1S/C23H25N5O/c1-17-19-10-6-7-11-20(19)29-21(17)14-26-23(24-2)27-15-22-25-12-13-28(22)16-18-8-4-3-5-9-18/h3-13H,14-16H2,1-2H3,(H2,24,26,27). The van der Waals surface area contributed by atoms with Gasteiger partial charge in [-0.15, -0.1) is 0 Å². The van der Waals surface area contributed by atoms with Crippen LogP contribution in [0.1, 0.15) is 22.7 Å². The average Bonchev–Trinajstić information content (AvgIpc) is 3.33. The summed E-state index contributed by atoms with van der Waals surface area (Å²) in [6.07, 6.45) is 3.83. The van der Waals surface area contributed by atoms with Gasteiger partial charge < -0.3 is 19.6 Å². The van der Waals surface area contributed by atoms with E-state index in [1.54, 1.807) is 7.05 Å². The normalized spacial score (nSPS) is 11.7.